The molecule has 1 aromatic heterocycles. The van der Waals surface area contributed by atoms with Gasteiger partial charge >= 0.3 is 6.03 Å². The normalized spacial score (nSPS) is 17.2. The van der Waals surface area contributed by atoms with Crippen LogP contribution in [0.1, 0.15) is 31.2 Å². The Hall–Kier alpha value is -1.64. The van der Waals surface area contributed by atoms with Crippen LogP contribution in [0.4, 0.5) is 4.79 Å². The molecule has 0 spiro atoms. The van der Waals surface area contributed by atoms with Crippen molar-refractivity contribution >= 4 is 23.3 Å². The first-order valence-electron chi connectivity index (χ1n) is 8.07. The standard InChI is InChI=1S/C16H26N4O3S/c1-16(2,20-5-7-23-8-6-20)11-18-14(21)10-12(19-15(17)22)13-4-3-9-24-13/h3-4,9,12H,5-8,10-11H2,1-2H3,(H,18,21)(H3,17,19,22). The fourth-order valence-electron chi connectivity index (χ4n) is 2.74. The van der Waals surface area contributed by atoms with E-state index in [1.165, 1.54) is 11.3 Å². The minimum absolute atomic E-state index is 0.108. The van der Waals surface area contributed by atoms with E-state index in [-0.39, 0.29) is 17.9 Å². The second-order valence-corrected chi connectivity index (χ2v) is 7.45. The van der Waals surface area contributed by atoms with Gasteiger partial charge in [0.1, 0.15) is 0 Å². The van der Waals surface area contributed by atoms with E-state index in [1.807, 2.05) is 17.5 Å². The number of rotatable bonds is 7. The van der Waals surface area contributed by atoms with Crippen molar-refractivity contribution < 1.29 is 14.3 Å². The number of carbonyl (C=O) groups excluding carboxylic acids is 2. The summed E-state index contributed by atoms with van der Waals surface area (Å²) in [6.07, 6.45) is 0.169. The van der Waals surface area contributed by atoms with Crippen LogP contribution in [0.15, 0.2) is 17.5 Å². The Balaban J connectivity index is 1.87. The maximum Gasteiger partial charge on any atom is 0.312 e. The molecule has 1 aliphatic rings. The van der Waals surface area contributed by atoms with Gasteiger partial charge < -0.3 is 21.1 Å². The molecule has 2 heterocycles. The molecular formula is C16H26N4O3S. The molecule has 24 heavy (non-hydrogen) atoms. The summed E-state index contributed by atoms with van der Waals surface area (Å²) in [5, 5.41) is 7.52. The average molecular weight is 354 g/mol. The molecule has 0 saturated carbocycles. The molecule has 7 nitrogen and oxygen atoms in total. The summed E-state index contributed by atoms with van der Waals surface area (Å²) in [5.41, 5.74) is 5.08. The summed E-state index contributed by atoms with van der Waals surface area (Å²) in [5.74, 6) is -0.108. The molecule has 134 valence electrons. The molecular weight excluding hydrogens is 328 g/mol. The van der Waals surface area contributed by atoms with E-state index in [4.69, 9.17) is 10.5 Å². The first-order chi connectivity index (χ1) is 11.4. The Morgan fingerprint density at radius 1 is 1.42 bits per heavy atom. The van der Waals surface area contributed by atoms with E-state index in [1.54, 1.807) is 0 Å². The van der Waals surface area contributed by atoms with E-state index in [2.05, 4.69) is 29.4 Å². The summed E-state index contributed by atoms with van der Waals surface area (Å²) >= 11 is 1.49. The first kappa shape index (κ1) is 18.7. The predicted octanol–water partition coefficient (Wildman–Crippen LogP) is 1.07. The number of carbonyl (C=O) groups is 2. The Morgan fingerprint density at radius 3 is 2.71 bits per heavy atom. The van der Waals surface area contributed by atoms with Gasteiger partial charge in [0.25, 0.3) is 0 Å². The molecule has 4 N–H and O–H groups in total. The molecule has 1 atom stereocenters. The summed E-state index contributed by atoms with van der Waals surface area (Å²) in [4.78, 5) is 26.7. The molecule has 1 saturated heterocycles. The summed E-state index contributed by atoms with van der Waals surface area (Å²) in [7, 11) is 0. The number of amides is 3. The number of urea groups is 1. The zero-order valence-electron chi connectivity index (χ0n) is 14.2. The van der Waals surface area contributed by atoms with E-state index < -0.39 is 12.1 Å². The molecule has 2 rings (SSSR count). The minimum atomic E-state index is -0.630. The SMILES string of the molecule is CC(C)(CNC(=O)CC(NC(N)=O)c1cccs1)N1CCOCC1. The van der Waals surface area contributed by atoms with Gasteiger partial charge in [-0.05, 0) is 25.3 Å². The topological polar surface area (TPSA) is 96.7 Å². The summed E-state index contributed by atoms with van der Waals surface area (Å²) in [6, 6.07) is 2.74. The molecule has 1 aromatic rings. The average Bonchev–Trinajstić information content (AvgIpc) is 3.07. The van der Waals surface area contributed by atoms with Crippen LogP contribution in [0.2, 0.25) is 0 Å². The molecule has 0 aliphatic carbocycles. The lowest BCUT2D eigenvalue weighted by molar-refractivity contribution is -0.122. The van der Waals surface area contributed by atoms with E-state index in [0.717, 1.165) is 31.2 Å². The molecule has 3 amide bonds. The molecule has 0 bridgehead atoms. The fourth-order valence-corrected chi connectivity index (χ4v) is 3.51. The molecule has 1 aliphatic heterocycles. The van der Waals surface area contributed by atoms with Gasteiger partial charge in [-0.15, -0.1) is 11.3 Å². The Morgan fingerprint density at radius 2 is 2.12 bits per heavy atom. The lowest BCUT2D eigenvalue weighted by Gasteiger charge is -2.40. The number of ether oxygens (including phenoxy) is 1. The van der Waals surface area contributed by atoms with Gasteiger partial charge in [0.2, 0.25) is 5.91 Å². The highest BCUT2D eigenvalue weighted by Crippen LogP contribution is 2.22. The maximum absolute atomic E-state index is 12.3. The Labute approximate surface area is 146 Å². The number of nitrogens with one attached hydrogen (secondary N) is 2. The Bertz CT molecular complexity index is 542. The van der Waals surface area contributed by atoms with Crippen LogP contribution >= 0.6 is 11.3 Å². The lowest BCUT2D eigenvalue weighted by Crippen LogP contribution is -2.55. The second kappa shape index (κ2) is 8.46. The van der Waals surface area contributed by atoms with Crippen molar-refractivity contribution in [3.8, 4) is 0 Å². The molecule has 1 fully saturated rings. The third-order valence-electron chi connectivity index (χ3n) is 4.18. The van der Waals surface area contributed by atoms with Gasteiger partial charge in [-0.25, -0.2) is 4.79 Å². The molecule has 0 radical (unpaired) electrons. The number of hydrogen-bond acceptors (Lipinski definition) is 5. The van der Waals surface area contributed by atoms with Crippen molar-refractivity contribution in [2.45, 2.75) is 31.8 Å². The lowest BCUT2D eigenvalue weighted by atomic mass is 10.0. The van der Waals surface area contributed by atoms with Gasteiger partial charge in [-0.2, -0.15) is 0 Å². The van der Waals surface area contributed by atoms with Crippen LogP contribution in [0.5, 0.6) is 0 Å². The number of thiophene rings is 1. The molecule has 0 aromatic carbocycles. The smallest absolute Gasteiger partial charge is 0.312 e. The van der Waals surface area contributed by atoms with Gasteiger partial charge in [-0.3, -0.25) is 9.69 Å². The zero-order valence-corrected chi connectivity index (χ0v) is 15.0. The van der Waals surface area contributed by atoms with E-state index in [0.29, 0.717) is 6.54 Å². The van der Waals surface area contributed by atoms with E-state index in [9.17, 15) is 9.59 Å². The monoisotopic (exact) mass is 354 g/mol. The number of nitrogens with two attached hydrogens (primary N) is 1. The molecule has 8 heteroatoms. The van der Waals surface area contributed by atoms with Crippen LogP contribution in [-0.2, 0) is 9.53 Å². The fraction of sp³-hybridized carbons (Fsp3) is 0.625. The second-order valence-electron chi connectivity index (χ2n) is 6.47. The van der Waals surface area contributed by atoms with Crippen molar-refractivity contribution in [1.29, 1.82) is 0 Å². The maximum atomic E-state index is 12.3. The summed E-state index contributed by atoms with van der Waals surface area (Å²) < 4.78 is 5.37. The highest BCUT2D eigenvalue weighted by atomic mass is 32.1. The van der Waals surface area contributed by atoms with Gasteiger partial charge in [0.15, 0.2) is 0 Å². The number of hydrogen-bond donors (Lipinski definition) is 3. The minimum Gasteiger partial charge on any atom is -0.379 e. The highest BCUT2D eigenvalue weighted by molar-refractivity contribution is 7.10. The van der Waals surface area contributed by atoms with Crippen LogP contribution in [-0.4, -0.2) is 55.2 Å². The first-order valence-corrected chi connectivity index (χ1v) is 8.95. The largest absolute Gasteiger partial charge is 0.379 e. The van der Waals surface area contributed by atoms with Crippen LogP contribution in [0.3, 0.4) is 0 Å². The quantitative estimate of drug-likeness (QED) is 0.682. The summed E-state index contributed by atoms with van der Waals surface area (Å²) in [6.45, 7) is 7.93. The third kappa shape index (κ3) is 5.47. The zero-order chi connectivity index (χ0) is 17.6. The van der Waals surface area contributed by atoms with Crippen LogP contribution in [0.25, 0.3) is 0 Å². The molecule has 1 unspecified atom stereocenters. The van der Waals surface area contributed by atoms with Crippen molar-refractivity contribution in [3.63, 3.8) is 0 Å². The van der Waals surface area contributed by atoms with E-state index >= 15 is 0 Å². The van der Waals surface area contributed by atoms with Gasteiger partial charge in [-0.1, -0.05) is 6.07 Å². The van der Waals surface area contributed by atoms with Crippen molar-refractivity contribution in [2.24, 2.45) is 5.73 Å². The third-order valence-corrected chi connectivity index (χ3v) is 5.16. The highest BCUT2D eigenvalue weighted by Gasteiger charge is 2.29. The van der Waals surface area contributed by atoms with Gasteiger partial charge in [0, 0.05) is 30.1 Å². The van der Waals surface area contributed by atoms with Crippen molar-refractivity contribution in [2.75, 3.05) is 32.8 Å². The van der Waals surface area contributed by atoms with Crippen LogP contribution in [0, 0.1) is 0 Å². The Kier molecular flexibility index (Phi) is 6.59. The van der Waals surface area contributed by atoms with Crippen LogP contribution < -0.4 is 16.4 Å². The number of primary amides is 1. The van der Waals surface area contributed by atoms with Gasteiger partial charge in [0.05, 0.1) is 25.7 Å². The number of morpholine rings is 1. The van der Waals surface area contributed by atoms with Crippen molar-refractivity contribution in [1.82, 2.24) is 15.5 Å². The number of nitrogens with zero attached hydrogens (tertiary/aromatic N) is 1. The van der Waals surface area contributed by atoms with Crippen molar-refractivity contribution in [3.05, 3.63) is 22.4 Å². The predicted molar refractivity (Wildman–Crippen MR) is 93.9 cm³/mol.